The fraction of sp³-hybridized carbons (Fsp3) is 0. The maximum atomic E-state index is 11.3. The van der Waals surface area contributed by atoms with E-state index in [1.54, 1.807) is 18.3 Å². The van der Waals surface area contributed by atoms with Crippen LogP contribution in [0.2, 0.25) is 0 Å². The first kappa shape index (κ1) is 12.1. The van der Waals surface area contributed by atoms with E-state index < -0.39 is 5.97 Å². The fourth-order valence-electron chi connectivity index (χ4n) is 2.18. The molecule has 0 bridgehead atoms. The van der Waals surface area contributed by atoms with Gasteiger partial charge in [-0.1, -0.05) is 24.3 Å². The molecule has 0 fully saturated rings. The van der Waals surface area contributed by atoms with Gasteiger partial charge in [-0.25, -0.2) is 9.78 Å². The van der Waals surface area contributed by atoms with Gasteiger partial charge in [0.15, 0.2) is 5.69 Å². The third-order valence-electron chi connectivity index (χ3n) is 3.04. The number of nitrogens with two attached hydrogens (primary N) is 1. The van der Waals surface area contributed by atoms with Crippen molar-refractivity contribution < 1.29 is 9.90 Å². The normalized spacial score (nSPS) is 10.6. The Kier molecular flexibility index (Phi) is 2.80. The second-order valence-electron chi connectivity index (χ2n) is 4.32. The molecule has 0 aliphatic heterocycles. The van der Waals surface area contributed by atoms with Crippen LogP contribution < -0.4 is 5.73 Å². The number of nitrogens with zero attached hydrogens (tertiary/aromatic N) is 2. The van der Waals surface area contributed by atoms with Crippen molar-refractivity contribution in [3.8, 4) is 11.1 Å². The average molecular weight is 265 g/mol. The first-order valence-corrected chi connectivity index (χ1v) is 6.01. The van der Waals surface area contributed by atoms with E-state index in [1.165, 1.54) is 0 Å². The molecule has 1 aromatic carbocycles. The Labute approximate surface area is 114 Å². The lowest BCUT2D eigenvalue weighted by atomic mass is 10.0. The molecule has 20 heavy (non-hydrogen) atoms. The van der Waals surface area contributed by atoms with Gasteiger partial charge in [-0.15, -0.1) is 0 Å². The van der Waals surface area contributed by atoms with Crippen LogP contribution in [0.3, 0.4) is 0 Å². The standard InChI is InChI=1S/C15H11N3O2/c16-12-7-6-11(14(18-12)15(19)20)10-5-1-3-9-4-2-8-17-13(9)10/h1-8H,(H2,16,18)(H,19,20). The number of aromatic nitrogens is 2. The smallest absolute Gasteiger partial charge is 0.355 e. The predicted octanol–water partition coefficient (Wildman–Crippen LogP) is 2.58. The number of carbonyl (C=O) groups is 1. The fourth-order valence-corrected chi connectivity index (χ4v) is 2.18. The van der Waals surface area contributed by atoms with Gasteiger partial charge in [0.2, 0.25) is 0 Å². The van der Waals surface area contributed by atoms with Crippen LogP contribution in [-0.4, -0.2) is 21.0 Å². The van der Waals surface area contributed by atoms with Crippen LogP contribution in [0.1, 0.15) is 10.5 Å². The number of hydrogen-bond donors (Lipinski definition) is 2. The zero-order chi connectivity index (χ0) is 14.1. The molecule has 3 rings (SSSR count). The third-order valence-corrected chi connectivity index (χ3v) is 3.04. The van der Waals surface area contributed by atoms with Crippen LogP contribution in [0.4, 0.5) is 5.82 Å². The topological polar surface area (TPSA) is 89.1 Å². The van der Waals surface area contributed by atoms with Crippen molar-refractivity contribution in [2.75, 3.05) is 5.73 Å². The summed E-state index contributed by atoms with van der Waals surface area (Å²) in [5, 5.41) is 10.2. The molecule has 0 saturated heterocycles. The van der Waals surface area contributed by atoms with Gasteiger partial charge in [-0.05, 0) is 18.2 Å². The van der Waals surface area contributed by atoms with Crippen LogP contribution in [0.15, 0.2) is 48.7 Å². The van der Waals surface area contributed by atoms with Crippen molar-refractivity contribution >= 4 is 22.7 Å². The molecule has 0 amide bonds. The molecule has 0 aliphatic rings. The average Bonchev–Trinajstić information content (AvgIpc) is 2.46. The maximum Gasteiger partial charge on any atom is 0.355 e. The number of fused-ring (bicyclic) bond motifs is 1. The Morgan fingerprint density at radius 2 is 1.85 bits per heavy atom. The van der Waals surface area contributed by atoms with E-state index in [0.717, 1.165) is 16.5 Å². The first-order valence-electron chi connectivity index (χ1n) is 6.01. The summed E-state index contributed by atoms with van der Waals surface area (Å²) >= 11 is 0. The van der Waals surface area contributed by atoms with Crippen molar-refractivity contribution in [3.05, 3.63) is 54.4 Å². The molecule has 98 valence electrons. The number of anilines is 1. The van der Waals surface area contributed by atoms with E-state index in [4.69, 9.17) is 5.73 Å². The zero-order valence-corrected chi connectivity index (χ0v) is 10.4. The van der Waals surface area contributed by atoms with Crippen LogP contribution in [-0.2, 0) is 0 Å². The first-order chi connectivity index (χ1) is 9.66. The second kappa shape index (κ2) is 4.62. The highest BCUT2D eigenvalue weighted by Crippen LogP contribution is 2.29. The molecule has 0 aliphatic carbocycles. The molecular weight excluding hydrogens is 254 g/mol. The lowest BCUT2D eigenvalue weighted by Gasteiger charge is -2.09. The van der Waals surface area contributed by atoms with E-state index >= 15 is 0 Å². The van der Waals surface area contributed by atoms with Crippen molar-refractivity contribution in [1.82, 2.24) is 9.97 Å². The second-order valence-corrected chi connectivity index (χ2v) is 4.32. The number of pyridine rings is 2. The summed E-state index contributed by atoms with van der Waals surface area (Å²) < 4.78 is 0. The number of carboxylic acids is 1. The molecule has 5 nitrogen and oxygen atoms in total. The molecule has 0 unspecified atom stereocenters. The van der Waals surface area contributed by atoms with Gasteiger partial charge in [-0.2, -0.15) is 0 Å². The van der Waals surface area contributed by atoms with Crippen molar-refractivity contribution in [2.45, 2.75) is 0 Å². The molecule has 5 heteroatoms. The Hall–Kier alpha value is -2.95. The van der Waals surface area contributed by atoms with Gasteiger partial charge in [0.05, 0.1) is 5.52 Å². The van der Waals surface area contributed by atoms with Crippen LogP contribution in [0.25, 0.3) is 22.0 Å². The van der Waals surface area contributed by atoms with Crippen LogP contribution in [0.5, 0.6) is 0 Å². The number of benzene rings is 1. The highest BCUT2D eigenvalue weighted by Gasteiger charge is 2.16. The van der Waals surface area contributed by atoms with Crippen molar-refractivity contribution in [1.29, 1.82) is 0 Å². The number of hydrogen-bond acceptors (Lipinski definition) is 4. The summed E-state index contributed by atoms with van der Waals surface area (Å²) in [6, 6.07) is 12.6. The minimum atomic E-state index is -1.11. The van der Waals surface area contributed by atoms with Crippen molar-refractivity contribution in [2.24, 2.45) is 0 Å². The summed E-state index contributed by atoms with van der Waals surface area (Å²) in [6.45, 7) is 0. The summed E-state index contributed by atoms with van der Waals surface area (Å²) in [5.74, 6) is -0.931. The molecule has 3 aromatic rings. The molecule has 0 saturated carbocycles. The van der Waals surface area contributed by atoms with E-state index in [0.29, 0.717) is 5.56 Å². The Balaban J connectivity index is 2.34. The van der Waals surface area contributed by atoms with E-state index in [-0.39, 0.29) is 11.5 Å². The molecule has 2 aromatic heterocycles. The summed E-state index contributed by atoms with van der Waals surface area (Å²) in [6.07, 6.45) is 1.68. The maximum absolute atomic E-state index is 11.3. The Morgan fingerprint density at radius 1 is 1.05 bits per heavy atom. The van der Waals surface area contributed by atoms with Gasteiger partial charge in [0.1, 0.15) is 5.82 Å². The highest BCUT2D eigenvalue weighted by atomic mass is 16.4. The van der Waals surface area contributed by atoms with Gasteiger partial charge in [-0.3, -0.25) is 4.98 Å². The van der Waals surface area contributed by atoms with Gasteiger partial charge < -0.3 is 10.8 Å². The molecule has 0 spiro atoms. The third kappa shape index (κ3) is 1.95. The molecule has 0 atom stereocenters. The van der Waals surface area contributed by atoms with Gasteiger partial charge >= 0.3 is 5.97 Å². The van der Waals surface area contributed by atoms with Crippen LogP contribution >= 0.6 is 0 Å². The van der Waals surface area contributed by atoms with Crippen molar-refractivity contribution in [3.63, 3.8) is 0 Å². The molecule has 2 heterocycles. The summed E-state index contributed by atoms with van der Waals surface area (Å²) in [4.78, 5) is 19.6. The number of para-hydroxylation sites is 1. The summed E-state index contributed by atoms with van der Waals surface area (Å²) in [7, 11) is 0. The van der Waals surface area contributed by atoms with Crippen LogP contribution in [0, 0.1) is 0 Å². The molecule has 3 N–H and O–H groups in total. The highest BCUT2D eigenvalue weighted by molar-refractivity contribution is 6.01. The summed E-state index contributed by atoms with van der Waals surface area (Å²) in [5.41, 5.74) is 7.48. The molecule has 0 radical (unpaired) electrons. The zero-order valence-electron chi connectivity index (χ0n) is 10.4. The van der Waals surface area contributed by atoms with Gasteiger partial charge in [0, 0.05) is 22.7 Å². The SMILES string of the molecule is Nc1ccc(-c2cccc3cccnc23)c(C(=O)O)n1. The largest absolute Gasteiger partial charge is 0.476 e. The van der Waals surface area contributed by atoms with E-state index in [9.17, 15) is 9.90 Å². The minimum absolute atomic E-state index is 0.0665. The number of carboxylic acid groups (broad SMARTS) is 1. The molecular formula is C15H11N3O2. The number of rotatable bonds is 2. The van der Waals surface area contributed by atoms with Gasteiger partial charge in [0.25, 0.3) is 0 Å². The Bertz CT molecular complexity index is 810. The Morgan fingerprint density at radius 3 is 2.65 bits per heavy atom. The van der Waals surface area contributed by atoms with E-state index in [2.05, 4.69) is 9.97 Å². The lowest BCUT2D eigenvalue weighted by Crippen LogP contribution is -2.05. The lowest BCUT2D eigenvalue weighted by molar-refractivity contribution is 0.0691. The number of nitrogen functional groups attached to an aromatic ring is 1. The monoisotopic (exact) mass is 265 g/mol. The van der Waals surface area contributed by atoms with E-state index in [1.807, 2.05) is 30.3 Å². The number of aromatic carboxylic acids is 1. The quantitative estimate of drug-likeness (QED) is 0.743. The predicted molar refractivity (Wildman–Crippen MR) is 76.3 cm³/mol. The minimum Gasteiger partial charge on any atom is -0.476 e.